The Morgan fingerprint density at radius 3 is 2.64 bits per heavy atom. The second-order valence-electron chi connectivity index (χ2n) is 5.14. The summed E-state index contributed by atoms with van der Waals surface area (Å²) >= 11 is 0. The SMILES string of the molecule is CC1(C)CCc2cccc3c2N1CC3. The van der Waals surface area contributed by atoms with Gasteiger partial charge < -0.3 is 4.90 Å². The van der Waals surface area contributed by atoms with Gasteiger partial charge in [0.1, 0.15) is 0 Å². The molecule has 0 N–H and O–H groups in total. The van der Waals surface area contributed by atoms with Gasteiger partial charge in [-0.1, -0.05) is 18.2 Å². The quantitative estimate of drug-likeness (QED) is 0.603. The molecule has 0 unspecified atom stereocenters. The molecule has 74 valence electrons. The van der Waals surface area contributed by atoms with Crippen molar-refractivity contribution < 1.29 is 0 Å². The molecule has 0 fully saturated rings. The summed E-state index contributed by atoms with van der Waals surface area (Å²) in [7, 11) is 0. The Labute approximate surface area is 85.7 Å². The molecule has 1 heteroatoms. The van der Waals surface area contributed by atoms with E-state index in [0.717, 1.165) is 0 Å². The lowest BCUT2D eigenvalue weighted by atomic mass is 9.87. The summed E-state index contributed by atoms with van der Waals surface area (Å²) in [6.45, 7) is 5.97. The molecule has 1 aromatic carbocycles. The average molecular weight is 187 g/mol. The number of rotatable bonds is 0. The standard InChI is InChI=1S/C13H17N/c1-13(2)8-6-10-4-3-5-11-7-9-14(13)12(10)11/h3-5H,6-9H2,1-2H3. The lowest BCUT2D eigenvalue weighted by Gasteiger charge is -2.42. The smallest absolute Gasteiger partial charge is 0.0436 e. The molecule has 0 aromatic heterocycles. The molecule has 0 radical (unpaired) electrons. The lowest BCUT2D eigenvalue weighted by molar-refractivity contribution is 0.420. The monoisotopic (exact) mass is 187 g/mol. The van der Waals surface area contributed by atoms with E-state index in [4.69, 9.17) is 0 Å². The van der Waals surface area contributed by atoms with Gasteiger partial charge in [0, 0.05) is 17.8 Å². The molecular weight excluding hydrogens is 170 g/mol. The summed E-state index contributed by atoms with van der Waals surface area (Å²) in [4.78, 5) is 2.61. The second-order valence-corrected chi connectivity index (χ2v) is 5.14. The van der Waals surface area contributed by atoms with E-state index in [1.54, 1.807) is 16.8 Å². The number of para-hydroxylation sites is 1. The summed E-state index contributed by atoms with van der Waals surface area (Å²) in [5.74, 6) is 0. The fourth-order valence-electron chi connectivity index (χ4n) is 2.92. The Kier molecular flexibility index (Phi) is 1.51. The second kappa shape index (κ2) is 2.53. The zero-order chi connectivity index (χ0) is 9.76. The van der Waals surface area contributed by atoms with Crippen molar-refractivity contribution in [1.82, 2.24) is 0 Å². The van der Waals surface area contributed by atoms with Crippen LogP contribution >= 0.6 is 0 Å². The maximum atomic E-state index is 2.61. The van der Waals surface area contributed by atoms with Crippen molar-refractivity contribution in [2.24, 2.45) is 0 Å². The van der Waals surface area contributed by atoms with E-state index in [1.807, 2.05) is 0 Å². The van der Waals surface area contributed by atoms with Gasteiger partial charge in [-0.05, 0) is 44.2 Å². The molecule has 0 saturated carbocycles. The normalized spacial score (nSPS) is 22.3. The van der Waals surface area contributed by atoms with Crippen molar-refractivity contribution >= 4 is 5.69 Å². The van der Waals surface area contributed by atoms with E-state index in [1.165, 1.54) is 25.8 Å². The van der Waals surface area contributed by atoms with Crippen LogP contribution in [0.1, 0.15) is 31.4 Å². The van der Waals surface area contributed by atoms with Crippen LogP contribution in [0.2, 0.25) is 0 Å². The maximum Gasteiger partial charge on any atom is 0.0436 e. The Morgan fingerprint density at radius 2 is 1.86 bits per heavy atom. The van der Waals surface area contributed by atoms with E-state index in [-0.39, 0.29) is 0 Å². The van der Waals surface area contributed by atoms with Crippen LogP contribution in [0.5, 0.6) is 0 Å². The molecule has 14 heavy (non-hydrogen) atoms. The van der Waals surface area contributed by atoms with Crippen LogP contribution in [0.15, 0.2) is 18.2 Å². The van der Waals surface area contributed by atoms with Gasteiger partial charge in [-0.25, -0.2) is 0 Å². The molecule has 2 heterocycles. The van der Waals surface area contributed by atoms with Gasteiger partial charge in [-0.15, -0.1) is 0 Å². The van der Waals surface area contributed by atoms with Crippen LogP contribution in [0.25, 0.3) is 0 Å². The third-order valence-electron chi connectivity index (χ3n) is 3.81. The van der Waals surface area contributed by atoms with E-state index >= 15 is 0 Å². The highest BCUT2D eigenvalue weighted by Gasteiger charge is 2.36. The van der Waals surface area contributed by atoms with E-state index in [9.17, 15) is 0 Å². The number of nitrogens with zero attached hydrogens (tertiary/aromatic N) is 1. The molecule has 0 spiro atoms. The van der Waals surface area contributed by atoms with Crippen molar-refractivity contribution in [3.8, 4) is 0 Å². The molecule has 2 aliphatic rings. The van der Waals surface area contributed by atoms with E-state index < -0.39 is 0 Å². The predicted molar refractivity (Wildman–Crippen MR) is 59.9 cm³/mol. The number of benzene rings is 1. The highest BCUT2D eigenvalue weighted by Crippen LogP contribution is 2.42. The molecule has 0 bridgehead atoms. The highest BCUT2D eigenvalue weighted by molar-refractivity contribution is 5.66. The van der Waals surface area contributed by atoms with Crippen LogP contribution in [-0.4, -0.2) is 12.1 Å². The van der Waals surface area contributed by atoms with Crippen molar-refractivity contribution in [3.05, 3.63) is 29.3 Å². The minimum absolute atomic E-state index is 0.375. The average Bonchev–Trinajstić information content (AvgIpc) is 2.58. The van der Waals surface area contributed by atoms with E-state index in [0.29, 0.717) is 5.54 Å². The van der Waals surface area contributed by atoms with Gasteiger partial charge >= 0.3 is 0 Å². The number of hydrogen-bond donors (Lipinski definition) is 0. The molecule has 0 saturated heterocycles. The first kappa shape index (κ1) is 8.34. The molecule has 1 aromatic rings. The molecule has 0 atom stereocenters. The van der Waals surface area contributed by atoms with Gasteiger partial charge in [-0.2, -0.15) is 0 Å². The summed E-state index contributed by atoms with van der Waals surface area (Å²) in [6, 6.07) is 6.81. The van der Waals surface area contributed by atoms with Crippen LogP contribution < -0.4 is 4.90 Å². The van der Waals surface area contributed by atoms with Crippen LogP contribution in [-0.2, 0) is 12.8 Å². The molecule has 3 rings (SSSR count). The first-order valence-electron chi connectivity index (χ1n) is 5.57. The predicted octanol–water partition coefficient (Wildman–Crippen LogP) is 2.77. The highest BCUT2D eigenvalue weighted by atomic mass is 15.2. The summed E-state index contributed by atoms with van der Waals surface area (Å²) in [5.41, 5.74) is 5.07. The maximum absolute atomic E-state index is 2.61. The van der Waals surface area contributed by atoms with Crippen molar-refractivity contribution in [1.29, 1.82) is 0 Å². The number of anilines is 1. The summed E-state index contributed by atoms with van der Waals surface area (Å²) in [6.07, 6.45) is 3.79. The van der Waals surface area contributed by atoms with Gasteiger partial charge in [0.25, 0.3) is 0 Å². The Hall–Kier alpha value is -0.980. The Morgan fingerprint density at radius 1 is 1.14 bits per heavy atom. The first-order chi connectivity index (χ1) is 6.68. The third-order valence-corrected chi connectivity index (χ3v) is 3.81. The minimum atomic E-state index is 0.375. The zero-order valence-corrected chi connectivity index (χ0v) is 9.01. The first-order valence-corrected chi connectivity index (χ1v) is 5.57. The molecule has 2 aliphatic heterocycles. The fourth-order valence-corrected chi connectivity index (χ4v) is 2.92. The summed E-state index contributed by atoms with van der Waals surface area (Å²) in [5, 5.41) is 0. The van der Waals surface area contributed by atoms with Gasteiger partial charge in [0.2, 0.25) is 0 Å². The minimum Gasteiger partial charge on any atom is -0.366 e. The number of aryl methyl sites for hydroxylation is 1. The summed E-state index contributed by atoms with van der Waals surface area (Å²) < 4.78 is 0. The Bertz CT molecular complexity index is 379. The Balaban J connectivity index is 2.20. The molecule has 1 nitrogen and oxygen atoms in total. The van der Waals surface area contributed by atoms with E-state index in [2.05, 4.69) is 36.9 Å². The fraction of sp³-hybridized carbons (Fsp3) is 0.538. The topological polar surface area (TPSA) is 3.24 Å². The van der Waals surface area contributed by atoms with Crippen LogP contribution in [0.3, 0.4) is 0 Å². The van der Waals surface area contributed by atoms with Crippen molar-refractivity contribution in [3.63, 3.8) is 0 Å². The van der Waals surface area contributed by atoms with Gasteiger partial charge in [0.05, 0.1) is 0 Å². The molecule has 0 aliphatic carbocycles. The van der Waals surface area contributed by atoms with Crippen molar-refractivity contribution in [2.45, 2.75) is 38.6 Å². The third kappa shape index (κ3) is 0.956. The molecule has 0 amide bonds. The largest absolute Gasteiger partial charge is 0.366 e. The van der Waals surface area contributed by atoms with Crippen LogP contribution in [0.4, 0.5) is 5.69 Å². The van der Waals surface area contributed by atoms with Crippen LogP contribution in [0, 0.1) is 0 Å². The lowest BCUT2D eigenvalue weighted by Crippen LogP contribution is -2.46. The van der Waals surface area contributed by atoms with Crippen molar-refractivity contribution in [2.75, 3.05) is 11.4 Å². The molecular formula is C13H17N. The van der Waals surface area contributed by atoms with Gasteiger partial charge in [0.15, 0.2) is 0 Å². The van der Waals surface area contributed by atoms with Gasteiger partial charge in [-0.3, -0.25) is 0 Å². The number of hydrogen-bond acceptors (Lipinski definition) is 1. The zero-order valence-electron chi connectivity index (χ0n) is 9.01.